The fourth-order valence-electron chi connectivity index (χ4n) is 3.48. The van der Waals surface area contributed by atoms with E-state index in [-0.39, 0.29) is 5.91 Å². The van der Waals surface area contributed by atoms with Crippen molar-refractivity contribution >= 4 is 34.1 Å². The van der Waals surface area contributed by atoms with E-state index >= 15 is 0 Å². The van der Waals surface area contributed by atoms with Crippen molar-refractivity contribution < 1.29 is 4.79 Å². The van der Waals surface area contributed by atoms with Gasteiger partial charge in [-0.3, -0.25) is 14.8 Å². The second-order valence-electron chi connectivity index (χ2n) is 6.77. The summed E-state index contributed by atoms with van der Waals surface area (Å²) in [5, 5.41) is 4.93. The number of benzene rings is 1. The Morgan fingerprint density at radius 1 is 1.11 bits per heavy atom. The summed E-state index contributed by atoms with van der Waals surface area (Å²) in [7, 11) is 0. The lowest BCUT2D eigenvalue weighted by atomic mass is 10.1. The van der Waals surface area contributed by atoms with Crippen LogP contribution in [0, 0.1) is 0 Å². The second kappa shape index (κ2) is 7.92. The number of hydrogen-bond acceptors (Lipinski definition) is 4. The van der Waals surface area contributed by atoms with Gasteiger partial charge in [-0.1, -0.05) is 11.6 Å². The highest BCUT2D eigenvalue weighted by Crippen LogP contribution is 2.30. The van der Waals surface area contributed by atoms with Crippen molar-refractivity contribution in [1.29, 1.82) is 0 Å². The van der Waals surface area contributed by atoms with Crippen LogP contribution in [-0.2, 0) is 6.54 Å². The summed E-state index contributed by atoms with van der Waals surface area (Å²) in [6.45, 7) is 2.20. The number of carbonyl (C=O) groups is 1. The molecule has 0 saturated carbocycles. The highest BCUT2D eigenvalue weighted by atomic mass is 35.5. The number of pyridine rings is 2. The quantitative estimate of drug-likeness (QED) is 0.722. The molecule has 3 aromatic rings. The van der Waals surface area contributed by atoms with E-state index in [0.29, 0.717) is 17.1 Å². The van der Waals surface area contributed by atoms with Gasteiger partial charge >= 0.3 is 0 Å². The Hall–Kier alpha value is -2.66. The smallest absolute Gasteiger partial charge is 0.257 e. The van der Waals surface area contributed by atoms with Crippen LogP contribution in [0.2, 0.25) is 5.02 Å². The first-order chi connectivity index (χ1) is 13.2. The second-order valence-corrected chi connectivity index (χ2v) is 7.21. The van der Waals surface area contributed by atoms with E-state index in [1.54, 1.807) is 18.6 Å². The lowest BCUT2D eigenvalue weighted by Gasteiger charge is -2.27. The van der Waals surface area contributed by atoms with Gasteiger partial charge in [-0.25, -0.2) is 0 Å². The zero-order valence-electron chi connectivity index (χ0n) is 15.0. The third-order valence-corrected chi connectivity index (χ3v) is 5.16. The van der Waals surface area contributed by atoms with Gasteiger partial charge < -0.3 is 10.2 Å². The average Bonchev–Trinajstić information content (AvgIpc) is 2.72. The molecule has 0 spiro atoms. The summed E-state index contributed by atoms with van der Waals surface area (Å²) in [5.74, 6) is 0.0290. The summed E-state index contributed by atoms with van der Waals surface area (Å²) >= 11 is 6.23. The minimum absolute atomic E-state index is 0.0290. The zero-order valence-corrected chi connectivity index (χ0v) is 15.7. The monoisotopic (exact) mass is 380 g/mol. The molecule has 1 amide bonds. The summed E-state index contributed by atoms with van der Waals surface area (Å²) in [6, 6.07) is 9.47. The molecule has 1 aliphatic heterocycles. The maximum absolute atomic E-state index is 13.2. The van der Waals surface area contributed by atoms with Gasteiger partial charge in [0.1, 0.15) is 0 Å². The van der Waals surface area contributed by atoms with Gasteiger partial charge in [0.15, 0.2) is 0 Å². The van der Waals surface area contributed by atoms with Crippen molar-refractivity contribution in [3.63, 3.8) is 0 Å². The third-order valence-electron chi connectivity index (χ3n) is 4.92. The van der Waals surface area contributed by atoms with Crippen molar-refractivity contribution in [1.82, 2.24) is 14.9 Å². The standard InChI is InChI=1S/C21H21ClN4O/c22-16-4-5-19-17(12-16)20(25-13-15-6-8-23-9-7-15)18(14-24-19)21(27)26-10-2-1-3-11-26/h4-9,12,14H,1-3,10-11,13H2,(H,24,25). The fourth-order valence-corrected chi connectivity index (χ4v) is 3.65. The molecule has 0 unspecified atom stereocenters. The van der Waals surface area contributed by atoms with Crippen molar-refractivity contribution in [3.8, 4) is 0 Å². The minimum atomic E-state index is 0.0290. The Balaban J connectivity index is 1.73. The number of aromatic nitrogens is 2. The van der Waals surface area contributed by atoms with E-state index in [4.69, 9.17) is 11.6 Å². The van der Waals surface area contributed by atoms with E-state index in [9.17, 15) is 4.79 Å². The molecule has 0 bridgehead atoms. The van der Waals surface area contributed by atoms with Gasteiger partial charge in [0.05, 0.1) is 16.8 Å². The number of likely N-dealkylation sites (tertiary alicyclic amines) is 1. The molecule has 1 fully saturated rings. The molecule has 0 radical (unpaired) electrons. The molecule has 138 valence electrons. The van der Waals surface area contributed by atoms with Crippen molar-refractivity contribution in [3.05, 3.63) is 65.1 Å². The summed E-state index contributed by atoms with van der Waals surface area (Å²) in [5.41, 5.74) is 3.29. The van der Waals surface area contributed by atoms with Crippen molar-refractivity contribution in [2.24, 2.45) is 0 Å². The molecule has 1 aliphatic rings. The number of carbonyl (C=O) groups excluding carboxylic acids is 1. The maximum Gasteiger partial charge on any atom is 0.257 e. The molecule has 3 heterocycles. The maximum atomic E-state index is 13.2. The van der Waals surface area contributed by atoms with Crippen LogP contribution in [0.3, 0.4) is 0 Å². The highest BCUT2D eigenvalue weighted by molar-refractivity contribution is 6.31. The molecule has 5 nitrogen and oxygen atoms in total. The van der Waals surface area contributed by atoms with Crippen molar-refractivity contribution in [2.75, 3.05) is 18.4 Å². The number of nitrogens with one attached hydrogen (secondary N) is 1. The zero-order chi connectivity index (χ0) is 18.6. The number of nitrogens with zero attached hydrogens (tertiary/aromatic N) is 3. The number of anilines is 1. The molecule has 2 aromatic heterocycles. The third kappa shape index (κ3) is 3.88. The molecule has 27 heavy (non-hydrogen) atoms. The van der Waals surface area contributed by atoms with E-state index < -0.39 is 0 Å². The lowest BCUT2D eigenvalue weighted by molar-refractivity contribution is 0.0725. The molecule has 1 saturated heterocycles. The molecule has 0 atom stereocenters. The number of rotatable bonds is 4. The van der Waals surface area contributed by atoms with Crippen LogP contribution in [0.4, 0.5) is 5.69 Å². The van der Waals surface area contributed by atoms with Gasteiger partial charge in [-0.05, 0) is 55.2 Å². The number of hydrogen-bond donors (Lipinski definition) is 1. The summed E-state index contributed by atoms with van der Waals surface area (Å²) < 4.78 is 0. The molecule has 0 aliphatic carbocycles. The van der Waals surface area contributed by atoms with Gasteiger partial charge in [0.2, 0.25) is 0 Å². The molecular weight excluding hydrogens is 360 g/mol. The van der Waals surface area contributed by atoms with Crippen LogP contribution in [0.1, 0.15) is 35.2 Å². The van der Waals surface area contributed by atoms with Crippen LogP contribution in [0.5, 0.6) is 0 Å². The number of halogens is 1. The summed E-state index contributed by atoms with van der Waals surface area (Å²) in [4.78, 5) is 23.6. The normalized spacial score (nSPS) is 14.3. The Morgan fingerprint density at radius 3 is 2.67 bits per heavy atom. The van der Waals surface area contributed by atoms with E-state index in [0.717, 1.165) is 48.1 Å². The largest absolute Gasteiger partial charge is 0.380 e. The van der Waals surface area contributed by atoms with E-state index in [2.05, 4.69) is 15.3 Å². The van der Waals surface area contributed by atoms with Crippen LogP contribution < -0.4 is 5.32 Å². The first kappa shape index (κ1) is 17.7. The Labute approximate surface area is 163 Å². The predicted molar refractivity (Wildman–Crippen MR) is 108 cm³/mol. The van der Waals surface area contributed by atoms with Crippen LogP contribution in [0.15, 0.2) is 48.9 Å². The Kier molecular flexibility index (Phi) is 5.21. The van der Waals surface area contributed by atoms with Gasteiger partial charge in [0, 0.05) is 48.6 Å². The van der Waals surface area contributed by atoms with E-state index in [1.165, 1.54) is 6.42 Å². The molecule has 6 heteroatoms. The fraction of sp³-hybridized carbons (Fsp3) is 0.286. The molecule has 4 rings (SSSR count). The van der Waals surface area contributed by atoms with Crippen LogP contribution >= 0.6 is 11.6 Å². The highest BCUT2D eigenvalue weighted by Gasteiger charge is 2.22. The first-order valence-electron chi connectivity index (χ1n) is 9.23. The molecular formula is C21H21ClN4O. The lowest BCUT2D eigenvalue weighted by Crippen LogP contribution is -2.36. The summed E-state index contributed by atoms with van der Waals surface area (Å²) in [6.07, 6.45) is 8.50. The number of fused-ring (bicyclic) bond motifs is 1. The van der Waals surface area contributed by atoms with Crippen molar-refractivity contribution in [2.45, 2.75) is 25.8 Å². The molecule has 1 N–H and O–H groups in total. The van der Waals surface area contributed by atoms with Crippen LogP contribution in [-0.4, -0.2) is 33.9 Å². The van der Waals surface area contributed by atoms with Gasteiger partial charge in [-0.15, -0.1) is 0 Å². The van der Waals surface area contributed by atoms with Gasteiger partial charge in [0.25, 0.3) is 5.91 Å². The van der Waals surface area contributed by atoms with Gasteiger partial charge in [-0.2, -0.15) is 0 Å². The topological polar surface area (TPSA) is 58.1 Å². The average molecular weight is 381 g/mol. The number of amides is 1. The Morgan fingerprint density at radius 2 is 1.89 bits per heavy atom. The number of piperidine rings is 1. The first-order valence-corrected chi connectivity index (χ1v) is 9.60. The SMILES string of the molecule is O=C(c1cnc2ccc(Cl)cc2c1NCc1ccncc1)N1CCCCC1. The molecule has 1 aromatic carbocycles. The van der Waals surface area contributed by atoms with Crippen LogP contribution in [0.25, 0.3) is 10.9 Å². The van der Waals surface area contributed by atoms with E-state index in [1.807, 2.05) is 35.2 Å². The Bertz CT molecular complexity index is 955. The minimum Gasteiger partial charge on any atom is -0.380 e. The predicted octanol–water partition coefficient (Wildman–Crippen LogP) is 4.52.